The van der Waals surface area contributed by atoms with E-state index in [1.807, 2.05) is 4.90 Å². The Labute approximate surface area is 116 Å². The molecule has 102 valence electrons. The molecule has 5 nitrogen and oxygen atoms in total. The van der Waals surface area contributed by atoms with Gasteiger partial charge < -0.3 is 15.3 Å². The van der Waals surface area contributed by atoms with E-state index < -0.39 is 5.97 Å². The average Bonchev–Trinajstić information content (AvgIpc) is 2.26. The Kier molecular flexibility index (Phi) is 4.39. The lowest BCUT2D eigenvalue weighted by molar-refractivity contribution is -0.147. The zero-order valence-corrected chi connectivity index (χ0v) is 11.1. The zero-order valence-electron chi connectivity index (χ0n) is 10.3. The minimum Gasteiger partial charge on any atom is -0.481 e. The van der Waals surface area contributed by atoms with E-state index in [2.05, 4.69) is 5.32 Å². The van der Waals surface area contributed by atoms with Gasteiger partial charge in [-0.05, 0) is 18.2 Å². The molecule has 0 saturated carbocycles. The molecule has 1 aromatic rings. The van der Waals surface area contributed by atoms with Gasteiger partial charge in [0.1, 0.15) is 0 Å². The van der Waals surface area contributed by atoms with Gasteiger partial charge >= 0.3 is 5.97 Å². The van der Waals surface area contributed by atoms with Crippen molar-refractivity contribution in [1.29, 1.82) is 0 Å². The van der Waals surface area contributed by atoms with E-state index in [0.29, 0.717) is 36.8 Å². The predicted octanol–water partition coefficient (Wildman–Crippen LogP) is 1.68. The van der Waals surface area contributed by atoms with Crippen LogP contribution in [0.2, 0.25) is 5.02 Å². The molecule has 2 rings (SSSR count). The highest BCUT2D eigenvalue weighted by Crippen LogP contribution is 2.17. The van der Waals surface area contributed by atoms with Crippen molar-refractivity contribution < 1.29 is 14.7 Å². The molecule has 0 bridgehead atoms. The minimum atomic E-state index is -0.764. The third-order valence-electron chi connectivity index (χ3n) is 3.07. The fourth-order valence-corrected chi connectivity index (χ4v) is 2.15. The summed E-state index contributed by atoms with van der Waals surface area (Å²) in [6.45, 7) is 1.63. The van der Waals surface area contributed by atoms with Crippen LogP contribution in [0.25, 0.3) is 0 Å². The summed E-state index contributed by atoms with van der Waals surface area (Å²) in [6, 6.07) is 6.96. The van der Waals surface area contributed by atoms with Gasteiger partial charge in [0, 0.05) is 36.8 Å². The highest BCUT2D eigenvalue weighted by atomic mass is 35.5. The number of likely N-dealkylation sites (tertiary alicyclic amines) is 1. The van der Waals surface area contributed by atoms with Crippen LogP contribution < -0.4 is 5.32 Å². The Balaban J connectivity index is 1.70. The fraction of sp³-hybridized carbons (Fsp3) is 0.385. The Hall–Kier alpha value is -1.59. The molecule has 0 radical (unpaired) electrons. The van der Waals surface area contributed by atoms with Crippen LogP contribution in [0.5, 0.6) is 0 Å². The van der Waals surface area contributed by atoms with Crippen LogP contribution in [-0.4, -0.2) is 41.5 Å². The number of carboxylic acid groups (broad SMARTS) is 1. The van der Waals surface area contributed by atoms with E-state index >= 15 is 0 Å². The summed E-state index contributed by atoms with van der Waals surface area (Å²) < 4.78 is 0. The number of rotatable bonds is 5. The standard InChI is InChI=1S/C13H15ClN2O3/c14-10-2-1-3-11(6-10)15-12(17)4-5-16-7-9(8-16)13(18)19/h1-3,6,9H,4-5,7-8H2,(H,15,17)(H,18,19). The fourth-order valence-electron chi connectivity index (χ4n) is 1.96. The second-order valence-electron chi connectivity index (χ2n) is 4.60. The molecule has 2 N–H and O–H groups in total. The first-order chi connectivity index (χ1) is 9.04. The zero-order chi connectivity index (χ0) is 13.8. The molecule has 0 atom stereocenters. The number of carbonyl (C=O) groups is 2. The van der Waals surface area contributed by atoms with Crippen LogP contribution in [0.15, 0.2) is 24.3 Å². The third kappa shape index (κ3) is 3.94. The van der Waals surface area contributed by atoms with Crippen LogP contribution in [-0.2, 0) is 9.59 Å². The van der Waals surface area contributed by atoms with Gasteiger partial charge in [0.05, 0.1) is 5.92 Å². The SMILES string of the molecule is O=C(CCN1CC(C(=O)O)C1)Nc1cccc(Cl)c1. The molecule has 1 heterocycles. The quantitative estimate of drug-likeness (QED) is 0.862. The number of halogens is 1. The van der Waals surface area contributed by atoms with Gasteiger partial charge in [0.15, 0.2) is 0 Å². The van der Waals surface area contributed by atoms with E-state index in [4.69, 9.17) is 16.7 Å². The van der Waals surface area contributed by atoms with Crippen molar-refractivity contribution in [3.63, 3.8) is 0 Å². The van der Waals surface area contributed by atoms with Gasteiger partial charge in [-0.25, -0.2) is 0 Å². The molecular formula is C13H15ClN2O3. The van der Waals surface area contributed by atoms with Crippen LogP contribution in [0, 0.1) is 5.92 Å². The van der Waals surface area contributed by atoms with Crippen molar-refractivity contribution in [1.82, 2.24) is 4.90 Å². The van der Waals surface area contributed by atoms with Gasteiger partial charge in [-0.1, -0.05) is 17.7 Å². The van der Waals surface area contributed by atoms with E-state index in [1.165, 1.54) is 0 Å². The molecule has 0 unspecified atom stereocenters. The van der Waals surface area contributed by atoms with Gasteiger partial charge in [-0.2, -0.15) is 0 Å². The summed E-state index contributed by atoms with van der Waals surface area (Å²) >= 11 is 5.82. The maximum Gasteiger partial charge on any atom is 0.309 e. The summed E-state index contributed by atoms with van der Waals surface area (Å²) in [6.07, 6.45) is 0.346. The molecule has 0 spiro atoms. The summed E-state index contributed by atoms with van der Waals surface area (Å²) in [5.74, 6) is -1.14. The van der Waals surface area contributed by atoms with Crippen molar-refractivity contribution in [3.8, 4) is 0 Å². The lowest BCUT2D eigenvalue weighted by Gasteiger charge is -2.36. The number of aliphatic carboxylic acids is 1. The average molecular weight is 283 g/mol. The summed E-state index contributed by atoms with van der Waals surface area (Å²) in [7, 11) is 0. The summed E-state index contributed by atoms with van der Waals surface area (Å²) in [4.78, 5) is 24.3. The lowest BCUT2D eigenvalue weighted by atomic mass is 10.0. The van der Waals surface area contributed by atoms with E-state index in [-0.39, 0.29) is 11.8 Å². The maximum atomic E-state index is 11.7. The van der Waals surface area contributed by atoms with Crippen molar-refractivity contribution in [2.24, 2.45) is 5.92 Å². The normalized spacial score (nSPS) is 15.8. The van der Waals surface area contributed by atoms with Gasteiger partial charge in [-0.15, -0.1) is 0 Å². The smallest absolute Gasteiger partial charge is 0.309 e. The first-order valence-electron chi connectivity index (χ1n) is 6.05. The van der Waals surface area contributed by atoms with E-state index in [1.54, 1.807) is 24.3 Å². The number of carbonyl (C=O) groups excluding carboxylic acids is 1. The number of benzene rings is 1. The molecule has 1 amide bonds. The number of anilines is 1. The van der Waals surface area contributed by atoms with Crippen molar-refractivity contribution in [2.75, 3.05) is 25.0 Å². The van der Waals surface area contributed by atoms with Crippen molar-refractivity contribution in [3.05, 3.63) is 29.3 Å². The topological polar surface area (TPSA) is 69.6 Å². The molecule has 1 saturated heterocycles. The Morgan fingerprint density at radius 2 is 2.16 bits per heavy atom. The molecular weight excluding hydrogens is 268 g/mol. The maximum absolute atomic E-state index is 11.7. The first kappa shape index (κ1) is 13.8. The Morgan fingerprint density at radius 1 is 1.42 bits per heavy atom. The minimum absolute atomic E-state index is 0.0963. The second kappa shape index (κ2) is 6.04. The molecule has 6 heteroatoms. The molecule has 1 aliphatic rings. The molecule has 0 aromatic heterocycles. The van der Waals surface area contributed by atoms with E-state index in [9.17, 15) is 9.59 Å². The van der Waals surface area contributed by atoms with Gasteiger partial charge in [0.2, 0.25) is 5.91 Å². The Bertz CT molecular complexity index is 487. The molecule has 19 heavy (non-hydrogen) atoms. The Morgan fingerprint density at radius 3 is 2.79 bits per heavy atom. The second-order valence-corrected chi connectivity index (χ2v) is 5.04. The van der Waals surface area contributed by atoms with Crippen LogP contribution >= 0.6 is 11.6 Å². The van der Waals surface area contributed by atoms with Crippen LogP contribution in [0.1, 0.15) is 6.42 Å². The number of hydrogen-bond acceptors (Lipinski definition) is 3. The number of amides is 1. The highest BCUT2D eigenvalue weighted by molar-refractivity contribution is 6.30. The third-order valence-corrected chi connectivity index (χ3v) is 3.30. The van der Waals surface area contributed by atoms with Crippen molar-refractivity contribution >= 4 is 29.2 Å². The van der Waals surface area contributed by atoms with Crippen molar-refractivity contribution in [2.45, 2.75) is 6.42 Å². The molecule has 1 fully saturated rings. The predicted molar refractivity (Wildman–Crippen MR) is 72.3 cm³/mol. The number of carboxylic acids is 1. The molecule has 1 aliphatic heterocycles. The largest absolute Gasteiger partial charge is 0.481 e. The summed E-state index contributed by atoms with van der Waals surface area (Å²) in [5, 5.41) is 12.1. The van der Waals surface area contributed by atoms with Crippen LogP contribution in [0.3, 0.4) is 0 Å². The summed E-state index contributed by atoms with van der Waals surface area (Å²) in [5.41, 5.74) is 0.671. The number of nitrogens with one attached hydrogen (secondary N) is 1. The highest BCUT2D eigenvalue weighted by Gasteiger charge is 2.32. The van der Waals surface area contributed by atoms with Gasteiger partial charge in [0.25, 0.3) is 0 Å². The lowest BCUT2D eigenvalue weighted by Crippen LogP contribution is -2.50. The molecule has 0 aliphatic carbocycles. The van der Waals surface area contributed by atoms with E-state index in [0.717, 1.165) is 0 Å². The monoisotopic (exact) mass is 282 g/mol. The van der Waals surface area contributed by atoms with Gasteiger partial charge in [-0.3, -0.25) is 9.59 Å². The number of nitrogens with zero attached hydrogens (tertiary/aromatic N) is 1. The van der Waals surface area contributed by atoms with Crippen LogP contribution in [0.4, 0.5) is 5.69 Å². The first-order valence-corrected chi connectivity index (χ1v) is 6.43. The molecule has 1 aromatic carbocycles. The number of hydrogen-bond donors (Lipinski definition) is 2.